The Morgan fingerprint density at radius 1 is 0.960 bits per heavy atom. The molecule has 0 radical (unpaired) electrons. The second-order valence-electron chi connectivity index (χ2n) is 5.10. The van der Waals surface area contributed by atoms with Crippen molar-refractivity contribution in [2.24, 2.45) is 0 Å². The number of benzene rings is 2. The van der Waals surface area contributed by atoms with Crippen LogP contribution in [0.25, 0.3) is 0 Å². The number of ketones is 1. The molecule has 2 rings (SSSR count). The Labute approximate surface area is 154 Å². The highest BCUT2D eigenvalue weighted by Gasteiger charge is 2.21. The molecular weight excluding hydrogens is 392 g/mol. The Bertz CT molecular complexity index is 788. The number of methoxy groups -OCH3 is 4. The number of carbonyl (C=O) groups excluding carboxylic acids is 1. The molecule has 2 aromatic carbocycles. The minimum absolute atomic E-state index is 0.0595. The van der Waals surface area contributed by atoms with E-state index in [0.29, 0.717) is 27.3 Å². The topological polar surface area (TPSA) is 74.2 Å². The number of carbonyl (C=O) groups is 1. The summed E-state index contributed by atoms with van der Waals surface area (Å²) in [5.41, 5.74) is 0.858. The number of aromatic hydroxyl groups is 1. The quantitative estimate of drug-likeness (QED) is 0.702. The predicted octanol–water partition coefficient (Wildman–Crippen LogP) is 3.61. The zero-order valence-corrected chi connectivity index (χ0v) is 16.0. The SMILES string of the molecule is COc1cc(Br)c(CC(=O)c2ccc(OC)c(OC)c2O)cc1OC. The van der Waals surface area contributed by atoms with Crippen molar-refractivity contribution in [3.8, 4) is 28.7 Å². The Morgan fingerprint density at radius 2 is 1.56 bits per heavy atom. The fourth-order valence-corrected chi connectivity index (χ4v) is 2.90. The zero-order chi connectivity index (χ0) is 18.6. The van der Waals surface area contributed by atoms with E-state index in [1.807, 2.05) is 0 Å². The maximum atomic E-state index is 12.7. The predicted molar refractivity (Wildman–Crippen MR) is 96.5 cm³/mol. The van der Waals surface area contributed by atoms with Crippen LogP contribution in [0.15, 0.2) is 28.7 Å². The van der Waals surface area contributed by atoms with Crippen molar-refractivity contribution in [3.63, 3.8) is 0 Å². The molecule has 0 spiro atoms. The van der Waals surface area contributed by atoms with E-state index in [-0.39, 0.29) is 29.3 Å². The van der Waals surface area contributed by atoms with Gasteiger partial charge in [0.2, 0.25) is 5.75 Å². The van der Waals surface area contributed by atoms with Crippen molar-refractivity contribution in [2.45, 2.75) is 6.42 Å². The molecule has 6 nitrogen and oxygen atoms in total. The highest BCUT2D eigenvalue weighted by molar-refractivity contribution is 9.10. The first-order valence-electron chi connectivity index (χ1n) is 7.34. The van der Waals surface area contributed by atoms with Gasteiger partial charge in [0.1, 0.15) is 0 Å². The van der Waals surface area contributed by atoms with Crippen LogP contribution in [0.2, 0.25) is 0 Å². The summed E-state index contributed by atoms with van der Waals surface area (Å²) in [6.45, 7) is 0. The van der Waals surface area contributed by atoms with Crippen LogP contribution in [0, 0.1) is 0 Å². The summed E-state index contributed by atoms with van der Waals surface area (Å²) < 4.78 is 21.4. The molecule has 0 aliphatic rings. The van der Waals surface area contributed by atoms with E-state index < -0.39 is 0 Å². The van der Waals surface area contributed by atoms with E-state index in [4.69, 9.17) is 18.9 Å². The number of phenols is 1. The molecule has 0 aliphatic heterocycles. The van der Waals surface area contributed by atoms with Crippen molar-refractivity contribution in [3.05, 3.63) is 39.9 Å². The summed E-state index contributed by atoms with van der Waals surface area (Å²) in [6, 6.07) is 6.54. The number of phenolic OH excluding ortho intramolecular Hbond substituents is 1. The lowest BCUT2D eigenvalue weighted by molar-refractivity contribution is 0.0989. The standard InChI is InChI=1S/C18H19BrO6/c1-22-14-6-5-11(17(21)18(14)25-4)13(20)7-10-8-15(23-2)16(24-3)9-12(10)19/h5-6,8-9,21H,7H2,1-4H3. The molecule has 0 saturated heterocycles. The van der Waals surface area contributed by atoms with Crippen molar-refractivity contribution in [2.75, 3.05) is 28.4 Å². The van der Waals surface area contributed by atoms with Crippen molar-refractivity contribution in [1.82, 2.24) is 0 Å². The molecule has 0 fully saturated rings. The van der Waals surface area contributed by atoms with Crippen LogP contribution >= 0.6 is 15.9 Å². The Kier molecular flexibility index (Phi) is 6.14. The molecule has 0 aromatic heterocycles. The van der Waals surface area contributed by atoms with Crippen LogP contribution in [-0.4, -0.2) is 39.3 Å². The molecule has 2 aromatic rings. The third-order valence-corrected chi connectivity index (χ3v) is 4.46. The van der Waals surface area contributed by atoms with Crippen molar-refractivity contribution in [1.29, 1.82) is 0 Å². The molecule has 1 N–H and O–H groups in total. The van der Waals surface area contributed by atoms with Crippen LogP contribution < -0.4 is 18.9 Å². The van der Waals surface area contributed by atoms with Gasteiger partial charge in [-0.3, -0.25) is 4.79 Å². The van der Waals surface area contributed by atoms with Gasteiger partial charge in [-0.25, -0.2) is 0 Å². The fourth-order valence-electron chi connectivity index (χ4n) is 2.44. The Morgan fingerprint density at radius 3 is 2.12 bits per heavy atom. The molecule has 134 valence electrons. The van der Waals surface area contributed by atoms with E-state index in [2.05, 4.69) is 15.9 Å². The number of Topliss-reactive ketones (excluding diaryl/α,β-unsaturated/α-hetero) is 1. The van der Waals surface area contributed by atoms with Gasteiger partial charge < -0.3 is 24.1 Å². The summed E-state index contributed by atoms with van der Waals surface area (Å²) in [7, 11) is 5.92. The minimum atomic E-state index is -0.272. The monoisotopic (exact) mass is 410 g/mol. The van der Waals surface area contributed by atoms with Gasteiger partial charge in [0.15, 0.2) is 28.8 Å². The minimum Gasteiger partial charge on any atom is -0.504 e. The Hall–Kier alpha value is -2.41. The van der Waals surface area contributed by atoms with Crippen LogP contribution in [0.5, 0.6) is 28.7 Å². The third-order valence-electron chi connectivity index (χ3n) is 3.72. The second-order valence-corrected chi connectivity index (χ2v) is 5.95. The van der Waals surface area contributed by atoms with Gasteiger partial charge in [0, 0.05) is 10.9 Å². The molecule has 0 saturated carbocycles. The first kappa shape index (κ1) is 18.9. The molecule has 0 atom stereocenters. The number of hydrogen-bond donors (Lipinski definition) is 1. The molecule has 0 unspecified atom stereocenters. The number of rotatable bonds is 7. The maximum absolute atomic E-state index is 12.7. The van der Waals surface area contributed by atoms with Gasteiger partial charge >= 0.3 is 0 Å². The average Bonchev–Trinajstić information content (AvgIpc) is 2.62. The van der Waals surface area contributed by atoms with Gasteiger partial charge in [0.05, 0.1) is 34.0 Å². The van der Waals surface area contributed by atoms with Crippen molar-refractivity contribution >= 4 is 21.7 Å². The van der Waals surface area contributed by atoms with E-state index >= 15 is 0 Å². The van der Waals surface area contributed by atoms with Crippen LogP contribution in [0.3, 0.4) is 0 Å². The highest BCUT2D eigenvalue weighted by atomic mass is 79.9. The smallest absolute Gasteiger partial charge is 0.203 e. The third kappa shape index (κ3) is 3.82. The highest BCUT2D eigenvalue weighted by Crippen LogP contribution is 2.40. The molecule has 7 heteroatoms. The van der Waals surface area contributed by atoms with Gasteiger partial charge in [-0.1, -0.05) is 15.9 Å². The average molecular weight is 411 g/mol. The number of ether oxygens (including phenoxy) is 4. The van der Waals surface area contributed by atoms with Crippen LogP contribution in [0.4, 0.5) is 0 Å². The van der Waals surface area contributed by atoms with Gasteiger partial charge in [-0.2, -0.15) is 0 Å². The zero-order valence-electron chi connectivity index (χ0n) is 14.4. The first-order valence-corrected chi connectivity index (χ1v) is 8.13. The molecule has 0 heterocycles. The summed E-state index contributed by atoms with van der Waals surface area (Å²) in [4.78, 5) is 12.7. The van der Waals surface area contributed by atoms with Gasteiger partial charge in [-0.05, 0) is 29.8 Å². The lowest BCUT2D eigenvalue weighted by Gasteiger charge is -2.14. The van der Waals surface area contributed by atoms with Gasteiger partial charge in [-0.15, -0.1) is 0 Å². The van der Waals surface area contributed by atoms with E-state index in [9.17, 15) is 9.90 Å². The molecule has 0 amide bonds. The van der Waals surface area contributed by atoms with Crippen molar-refractivity contribution < 1.29 is 28.8 Å². The summed E-state index contributed by atoms with van der Waals surface area (Å²) in [5, 5.41) is 10.3. The van der Waals surface area contributed by atoms with Gasteiger partial charge in [0.25, 0.3) is 0 Å². The summed E-state index contributed by atoms with van der Waals surface area (Å²) >= 11 is 3.43. The largest absolute Gasteiger partial charge is 0.504 e. The first-order chi connectivity index (χ1) is 12.0. The second kappa shape index (κ2) is 8.11. The Balaban J connectivity index is 2.38. The van der Waals surface area contributed by atoms with E-state index in [0.717, 1.165) is 0 Å². The number of halogens is 1. The fraction of sp³-hybridized carbons (Fsp3) is 0.278. The lowest BCUT2D eigenvalue weighted by atomic mass is 10.0. The van der Waals surface area contributed by atoms with Crippen LogP contribution in [0.1, 0.15) is 15.9 Å². The van der Waals surface area contributed by atoms with E-state index in [1.165, 1.54) is 34.5 Å². The molecule has 25 heavy (non-hydrogen) atoms. The van der Waals surface area contributed by atoms with E-state index in [1.54, 1.807) is 18.2 Å². The number of hydrogen-bond acceptors (Lipinski definition) is 6. The van der Waals surface area contributed by atoms with Crippen LogP contribution in [-0.2, 0) is 6.42 Å². The molecule has 0 bridgehead atoms. The summed E-state index contributed by atoms with van der Waals surface area (Å²) in [5.74, 6) is 1.03. The molecular formula is C18H19BrO6. The maximum Gasteiger partial charge on any atom is 0.203 e. The normalized spacial score (nSPS) is 10.3. The summed E-state index contributed by atoms with van der Waals surface area (Å²) in [6.07, 6.45) is 0.0595. The molecule has 0 aliphatic carbocycles. The lowest BCUT2D eigenvalue weighted by Crippen LogP contribution is -2.06.